The number of aromatic nitrogens is 3. The van der Waals surface area contributed by atoms with E-state index in [0.29, 0.717) is 18.1 Å². The van der Waals surface area contributed by atoms with Gasteiger partial charge in [0.15, 0.2) is 11.6 Å². The van der Waals surface area contributed by atoms with Crippen LogP contribution in [0.2, 0.25) is 0 Å². The Kier molecular flexibility index (Phi) is 6.21. The van der Waals surface area contributed by atoms with Gasteiger partial charge < -0.3 is 16.4 Å². The number of nitrogens with two attached hydrogens (primary N) is 1. The molecule has 0 aliphatic carbocycles. The minimum absolute atomic E-state index is 0.212. The lowest BCUT2D eigenvalue weighted by Gasteiger charge is -2.18. The van der Waals surface area contributed by atoms with Crippen LogP contribution < -0.4 is 16.4 Å². The van der Waals surface area contributed by atoms with Gasteiger partial charge >= 0.3 is 0 Å². The summed E-state index contributed by atoms with van der Waals surface area (Å²) in [5, 5.41) is 6.09. The Morgan fingerprint density at radius 3 is 2.58 bits per heavy atom. The lowest BCUT2D eigenvalue weighted by atomic mass is 10.0. The van der Waals surface area contributed by atoms with Crippen LogP contribution in [0.5, 0.6) is 0 Å². The highest BCUT2D eigenvalue weighted by Gasteiger charge is 2.19. The van der Waals surface area contributed by atoms with E-state index in [0.717, 1.165) is 11.4 Å². The first-order valence-corrected chi connectivity index (χ1v) is 8.39. The highest BCUT2D eigenvalue weighted by Crippen LogP contribution is 2.21. The van der Waals surface area contributed by atoms with Crippen molar-refractivity contribution in [1.82, 2.24) is 15.0 Å². The zero-order valence-corrected chi connectivity index (χ0v) is 15.4. The highest BCUT2D eigenvalue weighted by molar-refractivity contribution is 5.97. The van der Waals surface area contributed by atoms with E-state index in [2.05, 4.69) is 25.6 Å². The van der Waals surface area contributed by atoms with E-state index in [1.807, 2.05) is 26.8 Å². The van der Waals surface area contributed by atoms with Crippen molar-refractivity contribution < 1.29 is 9.59 Å². The number of hydrogen-bond acceptors (Lipinski definition) is 7. The van der Waals surface area contributed by atoms with Crippen LogP contribution in [0.25, 0.3) is 0 Å². The number of ketones is 1. The molecule has 0 saturated carbocycles. The monoisotopic (exact) mass is 356 g/mol. The van der Waals surface area contributed by atoms with Gasteiger partial charge in [0.05, 0.1) is 6.20 Å². The molecular weight excluding hydrogens is 332 g/mol. The molecule has 2 rings (SSSR count). The van der Waals surface area contributed by atoms with Crippen LogP contribution in [0.1, 0.15) is 43.4 Å². The number of carbonyl (C=O) groups excluding carboxylic acids is 2. The average Bonchev–Trinajstić information content (AvgIpc) is 2.53. The molecule has 8 nitrogen and oxygen atoms in total. The fraction of sp³-hybridized carbons (Fsp3) is 0.389. The number of hydrogen-bond donors (Lipinski definition) is 3. The first-order valence-electron chi connectivity index (χ1n) is 8.39. The molecule has 2 aromatic rings. The summed E-state index contributed by atoms with van der Waals surface area (Å²) in [5.41, 5.74) is 7.24. The molecule has 0 aromatic carbocycles. The van der Waals surface area contributed by atoms with Crippen molar-refractivity contribution in [1.29, 1.82) is 0 Å². The second-order valence-electron chi connectivity index (χ2n) is 6.55. The van der Waals surface area contributed by atoms with Crippen LogP contribution in [-0.2, 0) is 4.79 Å². The predicted molar refractivity (Wildman–Crippen MR) is 100 cm³/mol. The number of Topliss-reactive ketones (excluding diaryl/α,β-unsaturated/α-hetero) is 1. The summed E-state index contributed by atoms with van der Waals surface area (Å²) < 4.78 is 0. The third-order valence-corrected chi connectivity index (χ3v) is 3.64. The van der Waals surface area contributed by atoms with Crippen molar-refractivity contribution in [3.8, 4) is 0 Å². The van der Waals surface area contributed by atoms with Crippen LogP contribution in [0.15, 0.2) is 24.5 Å². The summed E-state index contributed by atoms with van der Waals surface area (Å²) in [6, 6.07) is 3.03. The molecule has 26 heavy (non-hydrogen) atoms. The minimum Gasteiger partial charge on any atom is -0.368 e. The number of nitrogens with zero attached hydrogens (tertiary/aromatic N) is 3. The van der Waals surface area contributed by atoms with Crippen molar-refractivity contribution in [2.45, 2.75) is 40.2 Å². The number of carbonyl (C=O) groups is 2. The molecule has 4 N–H and O–H groups in total. The Balaban J connectivity index is 2.32. The molecule has 0 unspecified atom stereocenters. The average molecular weight is 356 g/mol. The fourth-order valence-corrected chi connectivity index (χ4v) is 2.46. The van der Waals surface area contributed by atoms with E-state index >= 15 is 0 Å². The third-order valence-electron chi connectivity index (χ3n) is 3.64. The van der Waals surface area contributed by atoms with E-state index in [-0.39, 0.29) is 17.4 Å². The Hall–Kier alpha value is -3.03. The van der Waals surface area contributed by atoms with Gasteiger partial charge in [-0.2, -0.15) is 0 Å². The molecule has 138 valence electrons. The summed E-state index contributed by atoms with van der Waals surface area (Å²) in [7, 11) is 0. The molecule has 8 heteroatoms. The quantitative estimate of drug-likeness (QED) is 0.621. The van der Waals surface area contributed by atoms with Gasteiger partial charge in [-0.05, 0) is 31.4 Å². The molecule has 0 bridgehead atoms. The summed E-state index contributed by atoms with van der Waals surface area (Å²) in [4.78, 5) is 36.3. The van der Waals surface area contributed by atoms with E-state index < -0.39 is 11.9 Å². The maximum atomic E-state index is 11.9. The Labute approximate surface area is 152 Å². The maximum Gasteiger partial charge on any atom is 0.239 e. The van der Waals surface area contributed by atoms with Crippen LogP contribution in [-0.4, -0.2) is 32.7 Å². The van der Waals surface area contributed by atoms with Gasteiger partial charge in [-0.15, -0.1) is 0 Å². The van der Waals surface area contributed by atoms with Crippen molar-refractivity contribution in [3.05, 3.63) is 35.9 Å². The van der Waals surface area contributed by atoms with E-state index in [1.54, 1.807) is 12.3 Å². The van der Waals surface area contributed by atoms with Gasteiger partial charge in [0, 0.05) is 24.5 Å². The molecule has 1 amide bonds. The molecule has 0 spiro atoms. The van der Waals surface area contributed by atoms with Gasteiger partial charge in [0.2, 0.25) is 5.91 Å². The summed E-state index contributed by atoms with van der Waals surface area (Å²) in [6.07, 6.45) is 3.65. The van der Waals surface area contributed by atoms with Crippen molar-refractivity contribution in [2.75, 3.05) is 10.6 Å². The Morgan fingerprint density at radius 2 is 2.00 bits per heavy atom. The second-order valence-corrected chi connectivity index (χ2v) is 6.55. The van der Waals surface area contributed by atoms with E-state index in [9.17, 15) is 9.59 Å². The molecule has 2 heterocycles. The van der Waals surface area contributed by atoms with Crippen molar-refractivity contribution in [3.63, 3.8) is 0 Å². The number of pyridine rings is 1. The van der Waals surface area contributed by atoms with Gasteiger partial charge in [0.1, 0.15) is 17.6 Å². The molecule has 1 atom stereocenters. The number of anilines is 3. The summed E-state index contributed by atoms with van der Waals surface area (Å²) in [6.45, 7) is 7.29. The number of amides is 1. The van der Waals surface area contributed by atoms with E-state index in [4.69, 9.17) is 5.73 Å². The number of nitrogens with one attached hydrogen (secondary N) is 2. The van der Waals surface area contributed by atoms with Gasteiger partial charge in [0.25, 0.3) is 0 Å². The maximum absolute atomic E-state index is 11.9. The number of rotatable bonds is 8. The van der Waals surface area contributed by atoms with Gasteiger partial charge in [-0.3, -0.25) is 14.6 Å². The lowest BCUT2D eigenvalue weighted by Crippen LogP contribution is -2.36. The SMILES string of the molecule is CC(=O)c1ncc(N[C@H](CC(C)C)C(N)=O)nc1Nc1ccnc(C)c1. The molecule has 0 fully saturated rings. The number of aryl methyl sites for hydroxylation is 1. The summed E-state index contributed by atoms with van der Waals surface area (Å²) in [5.74, 6) is 0.275. The highest BCUT2D eigenvalue weighted by atomic mass is 16.1. The van der Waals surface area contributed by atoms with Crippen LogP contribution >= 0.6 is 0 Å². The lowest BCUT2D eigenvalue weighted by molar-refractivity contribution is -0.119. The standard InChI is InChI=1S/C18H24N6O2/c1-10(2)7-14(17(19)26)23-15-9-21-16(12(4)25)18(24-15)22-13-5-6-20-11(3)8-13/h5-6,8-10,14H,7H2,1-4H3,(H2,19,26)(H2,20,22,23,24)/t14-/m1/s1. The first kappa shape index (κ1) is 19.3. The molecule has 2 aromatic heterocycles. The minimum atomic E-state index is -0.566. The van der Waals surface area contributed by atoms with Gasteiger partial charge in [-0.25, -0.2) is 9.97 Å². The fourth-order valence-electron chi connectivity index (χ4n) is 2.46. The number of primary amides is 1. The van der Waals surface area contributed by atoms with Crippen LogP contribution in [0.3, 0.4) is 0 Å². The molecule has 0 radical (unpaired) electrons. The normalized spacial score (nSPS) is 11.9. The van der Waals surface area contributed by atoms with Crippen molar-refractivity contribution in [2.24, 2.45) is 11.7 Å². The third kappa shape index (κ3) is 5.23. The van der Waals surface area contributed by atoms with E-state index in [1.165, 1.54) is 13.1 Å². The Bertz CT molecular complexity index is 806. The smallest absolute Gasteiger partial charge is 0.239 e. The largest absolute Gasteiger partial charge is 0.368 e. The van der Waals surface area contributed by atoms with Crippen LogP contribution in [0.4, 0.5) is 17.3 Å². The zero-order valence-electron chi connectivity index (χ0n) is 15.4. The molecule has 0 saturated heterocycles. The first-order chi connectivity index (χ1) is 12.3. The van der Waals surface area contributed by atoms with Gasteiger partial charge in [-0.1, -0.05) is 13.8 Å². The zero-order chi connectivity index (χ0) is 19.3. The predicted octanol–water partition coefficient (Wildman–Crippen LogP) is 2.44. The summed E-state index contributed by atoms with van der Waals surface area (Å²) >= 11 is 0. The van der Waals surface area contributed by atoms with Crippen molar-refractivity contribution >= 4 is 29.0 Å². The topological polar surface area (TPSA) is 123 Å². The molecular formula is C18H24N6O2. The molecule has 0 aliphatic rings. The van der Waals surface area contributed by atoms with Crippen LogP contribution in [0, 0.1) is 12.8 Å². The Morgan fingerprint density at radius 1 is 1.27 bits per heavy atom. The second kappa shape index (κ2) is 8.37. The molecule has 0 aliphatic heterocycles.